The second-order valence-corrected chi connectivity index (χ2v) is 7.62. The molecule has 4 rings (SSSR count). The highest BCUT2D eigenvalue weighted by Crippen LogP contribution is 2.29. The van der Waals surface area contributed by atoms with Gasteiger partial charge in [0.1, 0.15) is 5.75 Å². The van der Waals surface area contributed by atoms with Crippen LogP contribution in [0.1, 0.15) is 17.3 Å². The highest BCUT2D eigenvalue weighted by molar-refractivity contribution is 6.06. The number of amides is 1. The van der Waals surface area contributed by atoms with Crippen LogP contribution in [0.15, 0.2) is 78.9 Å². The number of anilines is 1. The lowest BCUT2D eigenvalue weighted by Crippen LogP contribution is -2.30. The van der Waals surface area contributed by atoms with Crippen LogP contribution in [-0.4, -0.2) is 35.0 Å². The van der Waals surface area contributed by atoms with Crippen LogP contribution >= 0.6 is 0 Å². The van der Waals surface area contributed by atoms with E-state index in [0.29, 0.717) is 16.6 Å². The fourth-order valence-electron chi connectivity index (χ4n) is 3.52. The van der Waals surface area contributed by atoms with Gasteiger partial charge in [-0.25, -0.2) is 9.78 Å². The van der Waals surface area contributed by atoms with Crippen LogP contribution < -0.4 is 10.1 Å². The van der Waals surface area contributed by atoms with E-state index in [0.717, 1.165) is 5.56 Å². The number of esters is 1. The quantitative estimate of drug-likeness (QED) is 0.229. The Morgan fingerprint density at radius 2 is 1.71 bits per heavy atom. The molecule has 0 fully saturated rings. The number of hydrogen-bond acceptors (Lipinski definition) is 7. The van der Waals surface area contributed by atoms with Crippen LogP contribution in [0.25, 0.3) is 22.2 Å². The number of nitro groups is 1. The Hall–Kier alpha value is -4.79. The summed E-state index contributed by atoms with van der Waals surface area (Å²) in [5.41, 5.74) is 2.17. The average molecular weight is 471 g/mol. The van der Waals surface area contributed by atoms with Crippen molar-refractivity contribution in [3.63, 3.8) is 0 Å². The standard InChI is InChI=1S/C26H21N3O6/c1-16(25(30)28-23-14-18(29(32)33)12-13-24(23)34-2)35-26(31)20-15-22(17-8-4-3-5-9-17)27-21-11-7-6-10-19(20)21/h3-16H,1-2H3,(H,28,30)/t16-/m1/s1. The number of aromatic nitrogens is 1. The highest BCUT2D eigenvalue weighted by Gasteiger charge is 2.23. The van der Waals surface area contributed by atoms with Gasteiger partial charge in [0.15, 0.2) is 6.10 Å². The number of ether oxygens (including phenoxy) is 2. The molecule has 4 aromatic rings. The molecule has 9 heteroatoms. The van der Waals surface area contributed by atoms with Gasteiger partial charge >= 0.3 is 5.97 Å². The zero-order valence-electron chi connectivity index (χ0n) is 18.9. The number of nitrogens with zero attached hydrogens (tertiary/aromatic N) is 2. The minimum atomic E-state index is -1.20. The van der Waals surface area contributed by atoms with Crippen molar-refractivity contribution in [1.29, 1.82) is 0 Å². The maximum Gasteiger partial charge on any atom is 0.339 e. The van der Waals surface area contributed by atoms with E-state index in [1.807, 2.05) is 36.4 Å². The van der Waals surface area contributed by atoms with Gasteiger partial charge in [-0.1, -0.05) is 48.5 Å². The summed E-state index contributed by atoms with van der Waals surface area (Å²) in [4.78, 5) is 41.0. The van der Waals surface area contributed by atoms with Crippen molar-refractivity contribution in [3.05, 3.63) is 94.5 Å². The molecule has 0 aliphatic rings. The summed E-state index contributed by atoms with van der Waals surface area (Å²) in [6, 6.07) is 22.0. The summed E-state index contributed by atoms with van der Waals surface area (Å²) >= 11 is 0. The van der Waals surface area contributed by atoms with Crippen molar-refractivity contribution in [3.8, 4) is 17.0 Å². The number of pyridine rings is 1. The molecule has 0 bridgehead atoms. The molecule has 1 N–H and O–H groups in total. The van der Waals surface area contributed by atoms with E-state index >= 15 is 0 Å². The summed E-state index contributed by atoms with van der Waals surface area (Å²) in [6.45, 7) is 1.42. The first-order valence-electron chi connectivity index (χ1n) is 10.7. The van der Waals surface area contributed by atoms with E-state index in [-0.39, 0.29) is 22.7 Å². The molecule has 1 aromatic heterocycles. The third-order valence-corrected chi connectivity index (χ3v) is 5.31. The molecule has 1 heterocycles. The normalized spacial score (nSPS) is 11.5. The van der Waals surface area contributed by atoms with Crippen LogP contribution in [0.2, 0.25) is 0 Å². The van der Waals surface area contributed by atoms with E-state index in [4.69, 9.17) is 9.47 Å². The minimum absolute atomic E-state index is 0.0929. The Morgan fingerprint density at radius 3 is 2.43 bits per heavy atom. The predicted molar refractivity (Wildman–Crippen MR) is 130 cm³/mol. The summed E-state index contributed by atoms with van der Waals surface area (Å²) in [6.07, 6.45) is -1.20. The molecule has 0 unspecified atom stereocenters. The molecule has 0 aliphatic carbocycles. The zero-order chi connectivity index (χ0) is 24.9. The number of fused-ring (bicyclic) bond motifs is 1. The SMILES string of the molecule is COc1ccc([N+](=O)[O-])cc1NC(=O)[C@@H](C)OC(=O)c1cc(-c2ccccc2)nc2ccccc12. The summed E-state index contributed by atoms with van der Waals surface area (Å²) in [5.74, 6) is -1.14. The van der Waals surface area contributed by atoms with Crippen LogP contribution in [0.3, 0.4) is 0 Å². The lowest BCUT2D eigenvalue weighted by molar-refractivity contribution is -0.384. The monoisotopic (exact) mass is 471 g/mol. The molecule has 0 spiro atoms. The van der Waals surface area contributed by atoms with E-state index < -0.39 is 22.9 Å². The number of non-ortho nitro benzene ring substituents is 1. The van der Waals surface area contributed by atoms with E-state index in [2.05, 4.69) is 10.3 Å². The summed E-state index contributed by atoms with van der Waals surface area (Å²) in [7, 11) is 1.37. The largest absolute Gasteiger partial charge is 0.495 e. The molecule has 1 amide bonds. The number of hydrogen-bond donors (Lipinski definition) is 1. The van der Waals surface area contributed by atoms with Gasteiger partial charge in [-0.3, -0.25) is 14.9 Å². The van der Waals surface area contributed by atoms with Gasteiger partial charge in [0.25, 0.3) is 11.6 Å². The van der Waals surface area contributed by atoms with Gasteiger partial charge in [0, 0.05) is 23.1 Å². The fraction of sp³-hybridized carbons (Fsp3) is 0.115. The number of nitrogens with one attached hydrogen (secondary N) is 1. The topological polar surface area (TPSA) is 121 Å². The Kier molecular flexibility index (Phi) is 6.68. The second-order valence-electron chi connectivity index (χ2n) is 7.62. The maximum atomic E-state index is 13.1. The average Bonchev–Trinajstić information content (AvgIpc) is 2.88. The first-order valence-corrected chi connectivity index (χ1v) is 10.7. The number of carbonyl (C=O) groups is 2. The molecule has 9 nitrogen and oxygen atoms in total. The van der Waals surface area contributed by atoms with Gasteiger partial charge in [-0.15, -0.1) is 0 Å². The van der Waals surface area contributed by atoms with Crippen molar-refractivity contribution in [2.24, 2.45) is 0 Å². The van der Waals surface area contributed by atoms with Crippen molar-refractivity contribution in [1.82, 2.24) is 4.98 Å². The summed E-state index contributed by atoms with van der Waals surface area (Å²) < 4.78 is 10.6. The van der Waals surface area contributed by atoms with Crippen LogP contribution in [0.5, 0.6) is 5.75 Å². The van der Waals surface area contributed by atoms with Gasteiger partial charge in [0.05, 0.1) is 34.5 Å². The van der Waals surface area contributed by atoms with Gasteiger partial charge in [-0.2, -0.15) is 0 Å². The first-order chi connectivity index (χ1) is 16.9. The van der Waals surface area contributed by atoms with Crippen molar-refractivity contribution >= 4 is 34.2 Å². The molecule has 1 atom stereocenters. The van der Waals surface area contributed by atoms with Gasteiger partial charge in [0.2, 0.25) is 0 Å². The van der Waals surface area contributed by atoms with Gasteiger partial charge < -0.3 is 14.8 Å². The van der Waals surface area contributed by atoms with Crippen molar-refractivity contribution in [2.75, 3.05) is 12.4 Å². The van der Waals surface area contributed by atoms with Crippen molar-refractivity contribution < 1.29 is 24.0 Å². The molecule has 176 valence electrons. The maximum absolute atomic E-state index is 13.1. The Morgan fingerprint density at radius 1 is 1.00 bits per heavy atom. The third kappa shape index (κ3) is 5.09. The Balaban J connectivity index is 1.59. The second kappa shape index (κ2) is 10.0. The molecular formula is C26H21N3O6. The molecule has 0 saturated carbocycles. The lowest BCUT2D eigenvalue weighted by Gasteiger charge is -2.16. The molecule has 0 saturated heterocycles. The van der Waals surface area contributed by atoms with E-state index in [1.54, 1.807) is 24.3 Å². The molecular weight excluding hydrogens is 450 g/mol. The molecule has 0 aliphatic heterocycles. The van der Waals surface area contributed by atoms with Crippen molar-refractivity contribution in [2.45, 2.75) is 13.0 Å². The smallest absolute Gasteiger partial charge is 0.339 e. The van der Waals surface area contributed by atoms with Crippen LogP contribution in [-0.2, 0) is 9.53 Å². The number of para-hydroxylation sites is 1. The van der Waals surface area contributed by atoms with Gasteiger partial charge in [-0.05, 0) is 25.1 Å². The number of benzene rings is 3. The minimum Gasteiger partial charge on any atom is -0.495 e. The number of methoxy groups -OCH3 is 1. The highest BCUT2D eigenvalue weighted by atomic mass is 16.6. The zero-order valence-corrected chi connectivity index (χ0v) is 18.9. The Labute approximate surface area is 200 Å². The molecule has 0 radical (unpaired) electrons. The number of rotatable bonds is 7. The Bertz CT molecular complexity index is 1420. The third-order valence-electron chi connectivity index (χ3n) is 5.31. The van der Waals surface area contributed by atoms with E-state index in [9.17, 15) is 19.7 Å². The summed E-state index contributed by atoms with van der Waals surface area (Å²) in [5, 5.41) is 14.2. The number of carbonyl (C=O) groups excluding carboxylic acids is 2. The van der Waals surface area contributed by atoms with E-state index in [1.165, 1.54) is 32.2 Å². The van der Waals surface area contributed by atoms with Crippen LogP contribution in [0, 0.1) is 10.1 Å². The lowest BCUT2D eigenvalue weighted by atomic mass is 10.0. The predicted octanol–water partition coefficient (Wildman–Crippen LogP) is 5.00. The molecule has 35 heavy (non-hydrogen) atoms. The van der Waals surface area contributed by atoms with Crippen LogP contribution in [0.4, 0.5) is 11.4 Å². The number of nitro benzene ring substituents is 1. The fourth-order valence-corrected chi connectivity index (χ4v) is 3.52. The molecule has 3 aromatic carbocycles. The first kappa shape index (κ1) is 23.4.